The Morgan fingerprint density at radius 1 is 1.03 bits per heavy atom. The van der Waals surface area contributed by atoms with Gasteiger partial charge in [-0.15, -0.1) is 0 Å². The summed E-state index contributed by atoms with van der Waals surface area (Å²) < 4.78 is 0. The molecule has 0 unspecified atom stereocenters. The largest absolute Gasteiger partial charge is 0.508 e. The lowest BCUT2D eigenvalue weighted by atomic mass is 9.95. The first-order valence-corrected chi connectivity index (χ1v) is 10.9. The number of benzene rings is 1. The summed E-state index contributed by atoms with van der Waals surface area (Å²) in [6.45, 7) is 4.58. The summed E-state index contributed by atoms with van der Waals surface area (Å²) in [6.07, 6.45) is 1.51. The number of hydrogen-bond acceptors (Lipinski definition) is 7. The van der Waals surface area contributed by atoms with E-state index in [1.165, 1.54) is 5.56 Å². The minimum Gasteiger partial charge on any atom is -0.508 e. The van der Waals surface area contributed by atoms with Gasteiger partial charge < -0.3 is 20.6 Å². The topological polar surface area (TPSA) is 81.7 Å². The predicted octanol–water partition coefficient (Wildman–Crippen LogP) is 3.07. The SMILES string of the molecule is CN(C)[C@H](CNc1c(NC(C)(C)Cc2ccsc2)c(=O)c1=O)Cc1ccc(O)cc1. The summed E-state index contributed by atoms with van der Waals surface area (Å²) in [4.78, 5) is 26.5. The van der Waals surface area contributed by atoms with Crippen LogP contribution >= 0.6 is 11.3 Å². The normalized spacial score (nSPS) is 13.0. The first-order chi connectivity index (χ1) is 14.2. The zero-order valence-electron chi connectivity index (χ0n) is 17.9. The van der Waals surface area contributed by atoms with Crippen LogP contribution in [0.1, 0.15) is 25.0 Å². The first-order valence-electron chi connectivity index (χ1n) is 9.97. The van der Waals surface area contributed by atoms with Crippen LogP contribution in [-0.2, 0) is 12.8 Å². The fraction of sp³-hybridized carbons (Fsp3) is 0.391. The molecule has 0 saturated carbocycles. The number of phenolic OH excluding ortho intramolecular Hbond substituents is 1. The molecule has 30 heavy (non-hydrogen) atoms. The molecule has 0 radical (unpaired) electrons. The molecule has 0 fully saturated rings. The monoisotopic (exact) mass is 427 g/mol. The maximum Gasteiger partial charge on any atom is 0.253 e. The molecule has 1 aromatic heterocycles. The van der Waals surface area contributed by atoms with E-state index < -0.39 is 10.9 Å². The van der Waals surface area contributed by atoms with Crippen molar-refractivity contribution in [3.63, 3.8) is 0 Å². The van der Waals surface area contributed by atoms with Crippen molar-refractivity contribution in [2.75, 3.05) is 31.3 Å². The van der Waals surface area contributed by atoms with Gasteiger partial charge in [0, 0.05) is 18.1 Å². The lowest BCUT2D eigenvalue weighted by Crippen LogP contribution is -2.45. The molecule has 0 aliphatic rings. The quantitative estimate of drug-likeness (QED) is 0.432. The molecule has 3 aromatic rings. The number of likely N-dealkylation sites (N-methyl/N-ethyl adjacent to an activating group) is 1. The molecule has 0 saturated heterocycles. The Hall–Kier alpha value is -2.64. The van der Waals surface area contributed by atoms with Crippen molar-refractivity contribution in [1.82, 2.24) is 4.90 Å². The minimum atomic E-state index is -0.467. The van der Waals surface area contributed by atoms with E-state index in [0.29, 0.717) is 17.9 Å². The smallest absolute Gasteiger partial charge is 0.253 e. The third-order valence-corrected chi connectivity index (χ3v) is 5.98. The highest BCUT2D eigenvalue weighted by Gasteiger charge is 2.28. The third kappa shape index (κ3) is 5.29. The van der Waals surface area contributed by atoms with Crippen molar-refractivity contribution in [3.05, 3.63) is 72.7 Å². The van der Waals surface area contributed by atoms with Gasteiger partial charge in [-0.1, -0.05) is 12.1 Å². The van der Waals surface area contributed by atoms with Gasteiger partial charge in [-0.25, -0.2) is 0 Å². The van der Waals surface area contributed by atoms with E-state index in [1.54, 1.807) is 23.5 Å². The fourth-order valence-corrected chi connectivity index (χ4v) is 4.20. The van der Waals surface area contributed by atoms with Crippen LogP contribution in [0, 0.1) is 0 Å². The van der Waals surface area contributed by atoms with E-state index in [4.69, 9.17) is 0 Å². The van der Waals surface area contributed by atoms with Crippen molar-refractivity contribution >= 4 is 22.7 Å². The number of nitrogens with zero attached hydrogens (tertiary/aromatic N) is 1. The molecular weight excluding hydrogens is 398 g/mol. The van der Waals surface area contributed by atoms with Gasteiger partial charge in [0.15, 0.2) is 0 Å². The van der Waals surface area contributed by atoms with Crippen molar-refractivity contribution < 1.29 is 5.11 Å². The summed E-state index contributed by atoms with van der Waals surface area (Å²) in [6, 6.07) is 9.31. The average molecular weight is 428 g/mol. The summed E-state index contributed by atoms with van der Waals surface area (Å²) in [7, 11) is 3.97. The number of phenols is 1. The Morgan fingerprint density at radius 3 is 2.30 bits per heavy atom. The number of nitrogens with one attached hydrogen (secondary N) is 2. The van der Waals surface area contributed by atoms with Crippen LogP contribution in [0.2, 0.25) is 0 Å². The summed E-state index contributed by atoms with van der Waals surface area (Å²) in [5, 5.41) is 20.1. The maximum atomic E-state index is 12.2. The van der Waals surface area contributed by atoms with E-state index in [0.717, 1.165) is 18.4 Å². The van der Waals surface area contributed by atoms with Crippen LogP contribution in [0.5, 0.6) is 5.75 Å². The molecule has 0 bridgehead atoms. The molecule has 160 valence electrons. The van der Waals surface area contributed by atoms with Gasteiger partial charge in [0.25, 0.3) is 10.9 Å². The van der Waals surface area contributed by atoms with Gasteiger partial charge in [-0.05, 0) is 80.9 Å². The van der Waals surface area contributed by atoms with Crippen LogP contribution in [0.15, 0.2) is 50.7 Å². The van der Waals surface area contributed by atoms with Crippen molar-refractivity contribution in [3.8, 4) is 5.75 Å². The van der Waals surface area contributed by atoms with E-state index in [2.05, 4.69) is 27.0 Å². The van der Waals surface area contributed by atoms with E-state index in [9.17, 15) is 14.7 Å². The van der Waals surface area contributed by atoms with Crippen molar-refractivity contribution in [2.45, 2.75) is 38.3 Å². The molecule has 0 aliphatic carbocycles. The first kappa shape index (κ1) is 22.1. The lowest BCUT2D eigenvalue weighted by Gasteiger charge is -2.30. The Morgan fingerprint density at radius 2 is 1.70 bits per heavy atom. The maximum absolute atomic E-state index is 12.2. The van der Waals surface area contributed by atoms with Crippen LogP contribution in [0.4, 0.5) is 11.4 Å². The molecule has 1 heterocycles. The van der Waals surface area contributed by atoms with Gasteiger partial charge in [-0.3, -0.25) is 9.59 Å². The Bertz CT molecular complexity index is 1030. The molecule has 0 aliphatic heterocycles. The second kappa shape index (κ2) is 9.02. The van der Waals surface area contributed by atoms with E-state index in [1.807, 2.05) is 45.5 Å². The standard InChI is InChI=1S/C23H29N3O3S/c1-23(2,12-16-9-10-30-14-16)25-20-19(21(28)22(20)29)24-13-17(26(3)4)11-15-5-7-18(27)8-6-15/h5-10,14,17,24-25,27H,11-13H2,1-4H3/t17-/m0/s1. The zero-order chi connectivity index (χ0) is 21.9. The number of aromatic hydroxyl groups is 1. The van der Waals surface area contributed by atoms with E-state index in [-0.39, 0.29) is 17.3 Å². The molecule has 0 amide bonds. The number of rotatable bonds is 10. The van der Waals surface area contributed by atoms with Gasteiger partial charge in [0.2, 0.25) is 0 Å². The van der Waals surface area contributed by atoms with E-state index >= 15 is 0 Å². The molecule has 0 spiro atoms. The summed E-state index contributed by atoms with van der Waals surface area (Å²) >= 11 is 1.64. The lowest BCUT2D eigenvalue weighted by molar-refractivity contribution is 0.303. The van der Waals surface area contributed by atoms with Gasteiger partial charge >= 0.3 is 0 Å². The highest BCUT2D eigenvalue weighted by Crippen LogP contribution is 2.24. The van der Waals surface area contributed by atoms with Crippen LogP contribution in [0.25, 0.3) is 0 Å². The second-order valence-corrected chi connectivity index (χ2v) is 9.37. The van der Waals surface area contributed by atoms with Crippen molar-refractivity contribution in [2.24, 2.45) is 0 Å². The summed E-state index contributed by atoms with van der Waals surface area (Å²) in [5.74, 6) is 0.239. The van der Waals surface area contributed by atoms with Gasteiger partial charge in [0.05, 0.1) is 0 Å². The predicted molar refractivity (Wildman–Crippen MR) is 125 cm³/mol. The molecular formula is C23H29N3O3S. The molecule has 3 N–H and O–H groups in total. The van der Waals surface area contributed by atoms with Gasteiger partial charge in [-0.2, -0.15) is 11.3 Å². The minimum absolute atomic E-state index is 0.116. The number of anilines is 2. The Kier molecular flexibility index (Phi) is 6.63. The molecule has 6 nitrogen and oxygen atoms in total. The number of thiophene rings is 1. The van der Waals surface area contributed by atoms with Crippen molar-refractivity contribution in [1.29, 1.82) is 0 Å². The average Bonchev–Trinajstić information content (AvgIpc) is 3.19. The number of hydrogen-bond donors (Lipinski definition) is 3. The summed E-state index contributed by atoms with van der Waals surface area (Å²) in [5.41, 5.74) is 1.76. The Balaban J connectivity index is 1.67. The molecule has 1 atom stereocenters. The fourth-order valence-electron chi connectivity index (χ4n) is 3.53. The van der Waals surface area contributed by atoms with Crippen LogP contribution in [0.3, 0.4) is 0 Å². The van der Waals surface area contributed by atoms with Crippen LogP contribution in [-0.4, -0.2) is 42.2 Å². The van der Waals surface area contributed by atoms with Gasteiger partial charge in [0.1, 0.15) is 17.1 Å². The third-order valence-electron chi connectivity index (χ3n) is 5.25. The highest BCUT2D eigenvalue weighted by molar-refractivity contribution is 7.07. The second-order valence-electron chi connectivity index (χ2n) is 8.59. The zero-order valence-corrected chi connectivity index (χ0v) is 18.7. The molecule has 7 heteroatoms. The Labute approximate surface area is 180 Å². The molecule has 3 rings (SSSR count). The van der Waals surface area contributed by atoms with Crippen LogP contribution < -0.4 is 21.5 Å². The highest BCUT2D eigenvalue weighted by atomic mass is 32.1. The molecule has 2 aromatic carbocycles.